The number of nitrogens with zero attached hydrogens (tertiary/aromatic N) is 3. The van der Waals surface area contributed by atoms with Crippen molar-refractivity contribution in [1.82, 2.24) is 9.97 Å². The Morgan fingerprint density at radius 1 is 1.20 bits per heavy atom. The molecule has 0 amide bonds. The van der Waals surface area contributed by atoms with Crippen LogP contribution in [-0.2, 0) is 0 Å². The Bertz CT molecular complexity index is 541. The first-order chi connectivity index (χ1) is 9.74. The minimum absolute atomic E-state index is 0.442. The van der Waals surface area contributed by atoms with E-state index in [-0.39, 0.29) is 0 Å². The van der Waals surface area contributed by atoms with Gasteiger partial charge in [-0.1, -0.05) is 31.5 Å². The van der Waals surface area contributed by atoms with Gasteiger partial charge in [0.1, 0.15) is 5.82 Å². The van der Waals surface area contributed by atoms with E-state index in [0.29, 0.717) is 5.95 Å². The highest BCUT2D eigenvalue weighted by Crippen LogP contribution is 2.25. The van der Waals surface area contributed by atoms with Gasteiger partial charge < -0.3 is 4.90 Å². The van der Waals surface area contributed by atoms with Gasteiger partial charge >= 0.3 is 0 Å². The van der Waals surface area contributed by atoms with Crippen molar-refractivity contribution in [3.8, 4) is 0 Å². The highest BCUT2D eigenvalue weighted by Gasteiger charge is 2.12. The number of anilines is 3. The van der Waals surface area contributed by atoms with Crippen LogP contribution in [0.4, 0.5) is 17.5 Å². The molecule has 0 fully saturated rings. The van der Waals surface area contributed by atoms with Gasteiger partial charge in [-0.2, -0.15) is 4.98 Å². The van der Waals surface area contributed by atoms with Crippen molar-refractivity contribution in [2.24, 2.45) is 5.84 Å². The maximum Gasteiger partial charge on any atom is 0.239 e. The van der Waals surface area contributed by atoms with Gasteiger partial charge in [0, 0.05) is 24.0 Å². The van der Waals surface area contributed by atoms with Crippen LogP contribution in [0.3, 0.4) is 0 Å². The van der Waals surface area contributed by atoms with Gasteiger partial charge in [-0.05, 0) is 25.5 Å². The van der Waals surface area contributed by atoms with Crippen LogP contribution in [0.25, 0.3) is 0 Å². The number of unbranched alkanes of at least 4 members (excludes halogenated alkanes) is 1. The predicted molar refractivity (Wildman–Crippen MR) is 82.9 cm³/mol. The van der Waals surface area contributed by atoms with Crippen molar-refractivity contribution in [3.63, 3.8) is 0 Å². The van der Waals surface area contributed by atoms with E-state index in [1.807, 2.05) is 31.2 Å². The second-order valence-corrected chi connectivity index (χ2v) is 4.68. The summed E-state index contributed by atoms with van der Waals surface area (Å²) < 4.78 is 0. The topological polar surface area (TPSA) is 67.1 Å². The number of benzene rings is 1. The van der Waals surface area contributed by atoms with Crippen LogP contribution in [0, 0.1) is 6.92 Å². The fraction of sp³-hybridized carbons (Fsp3) is 0.333. The van der Waals surface area contributed by atoms with E-state index in [0.717, 1.165) is 36.6 Å². The summed E-state index contributed by atoms with van der Waals surface area (Å²) >= 11 is 0. The molecule has 1 aromatic heterocycles. The van der Waals surface area contributed by atoms with Crippen molar-refractivity contribution in [2.45, 2.75) is 26.7 Å². The summed E-state index contributed by atoms with van der Waals surface area (Å²) in [5.74, 6) is 6.74. The number of aryl methyl sites for hydroxylation is 1. The Balaban J connectivity index is 2.38. The molecule has 20 heavy (non-hydrogen) atoms. The Kier molecular flexibility index (Phi) is 4.90. The van der Waals surface area contributed by atoms with Crippen molar-refractivity contribution in [2.75, 3.05) is 16.9 Å². The Morgan fingerprint density at radius 3 is 2.60 bits per heavy atom. The molecule has 0 bridgehead atoms. The van der Waals surface area contributed by atoms with E-state index < -0.39 is 0 Å². The molecule has 0 aliphatic rings. The predicted octanol–water partition coefficient (Wildman–Crippen LogP) is 3.01. The smallest absolute Gasteiger partial charge is 0.239 e. The number of hydrogen-bond donors (Lipinski definition) is 2. The molecule has 0 atom stereocenters. The second kappa shape index (κ2) is 6.86. The third-order valence-electron chi connectivity index (χ3n) is 3.05. The Hall–Kier alpha value is -2.14. The molecule has 5 nitrogen and oxygen atoms in total. The molecule has 0 saturated heterocycles. The van der Waals surface area contributed by atoms with Gasteiger partial charge in [-0.25, -0.2) is 10.8 Å². The summed E-state index contributed by atoms with van der Waals surface area (Å²) in [6, 6.07) is 12.2. The molecule has 3 N–H and O–H groups in total. The maximum atomic E-state index is 5.43. The summed E-state index contributed by atoms with van der Waals surface area (Å²) in [7, 11) is 0. The van der Waals surface area contributed by atoms with Crippen molar-refractivity contribution in [3.05, 3.63) is 42.1 Å². The molecule has 0 aliphatic carbocycles. The molecule has 0 spiro atoms. The Morgan fingerprint density at radius 2 is 1.95 bits per heavy atom. The summed E-state index contributed by atoms with van der Waals surface area (Å²) in [5.41, 5.74) is 4.54. The fourth-order valence-corrected chi connectivity index (χ4v) is 2.05. The monoisotopic (exact) mass is 271 g/mol. The van der Waals surface area contributed by atoms with E-state index >= 15 is 0 Å². The molecule has 1 heterocycles. The van der Waals surface area contributed by atoms with Gasteiger partial charge in [-0.15, -0.1) is 0 Å². The molecular weight excluding hydrogens is 250 g/mol. The largest absolute Gasteiger partial charge is 0.326 e. The number of nitrogens with two attached hydrogens (primary N) is 1. The summed E-state index contributed by atoms with van der Waals surface area (Å²) in [6.45, 7) is 5.04. The van der Waals surface area contributed by atoms with Crippen LogP contribution >= 0.6 is 0 Å². The summed E-state index contributed by atoms with van der Waals surface area (Å²) in [5, 5.41) is 0. The lowest BCUT2D eigenvalue weighted by Gasteiger charge is -2.24. The first-order valence-corrected chi connectivity index (χ1v) is 6.89. The average Bonchev–Trinajstić information content (AvgIpc) is 2.48. The molecule has 1 aromatic carbocycles. The molecule has 2 aromatic rings. The molecule has 5 heteroatoms. The maximum absolute atomic E-state index is 5.43. The number of nitrogen functional groups attached to an aromatic ring is 1. The van der Waals surface area contributed by atoms with Crippen molar-refractivity contribution in [1.29, 1.82) is 0 Å². The lowest BCUT2D eigenvalue weighted by Crippen LogP contribution is -2.21. The van der Waals surface area contributed by atoms with E-state index in [2.05, 4.69) is 39.4 Å². The van der Waals surface area contributed by atoms with Crippen LogP contribution in [0.5, 0.6) is 0 Å². The van der Waals surface area contributed by atoms with Gasteiger partial charge in [0.25, 0.3) is 0 Å². The van der Waals surface area contributed by atoms with E-state index in [9.17, 15) is 0 Å². The zero-order valence-electron chi connectivity index (χ0n) is 12.0. The van der Waals surface area contributed by atoms with Gasteiger partial charge in [0.15, 0.2) is 0 Å². The van der Waals surface area contributed by atoms with E-state index in [1.54, 1.807) is 0 Å². The van der Waals surface area contributed by atoms with Crippen LogP contribution in [0.1, 0.15) is 25.5 Å². The van der Waals surface area contributed by atoms with Gasteiger partial charge in [0.2, 0.25) is 5.95 Å². The van der Waals surface area contributed by atoms with Gasteiger partial charge in [-0.3, -0.25) is 5.43 Å². The zero-order valence-corrected chi connectivity index (χ0v) is 12.0. The standard InChI is InChI=1S/C15H21N5/c1-3-4-10-20(13-8-6-5-7-9-13)14-11-12(2)17-15(18-14)19-16/h5-9,11H,3-4,10,16H2,1-2H3,(H,17,18,19). The highest BCUT2D eigenvalue weighted by molar-refractivity contribution is 5.61. The van der Waals surface area contributed by atoms with Crippen LogP contribution in [0.2, 0.25) is 0 Å². The lowest BCUT2D eigenvalue weighted by molar-refractivity contribution is 0.778. The molecule has 0 unspecified atom stereocenters. The molecule has 2 rings (SSSR count). The molecule has 0 saturated carbocycles. The SMILES string of the molecule is CCCCN(c1ccccc1)c1cc(C)nc(NN)n1. The van der Waals surface area contributed by atoms with Crippen LogP contribution in [0.15, 0.2) is 36.4 Å². The molecular formula is C15H21N5. The first kappa shape index (κ1) is 14.3. The number of hydrogen-bond acceptors (Lipinski definition) is 5. The molecule has 0 radical (unpaired) electrons. The number of rotatable bonds is 6. The van der Waals surface area contributed by atoms with Crippen molar-refractivity contribution >= 4 is 17.5 Å². The number of aromatic nitrogens is 2. The average molecular weight is 271 g/mol. The normalized spacial score (nSPS) is 10.3. The minimum atomic E-state index is 0.442. The highest BCUT2D eigenvalue weighted by atomic mass is 15.3. The third-order valence-corrected chi connectivity index (χ3v) is 3.05. The minimum Gasteiger partial charge on any atom is -0.326 e. The molecule has 106 valence electrons. The van der Waals surface area contributed by atoms with Gasteiger partial charge in [0.05, 0.1) is 0 Å². The second-order valence-electron chi connectivity index (χ2n) is 4.68. The number of para-hydroxylation sites is 1. The summed E-state index contributed by atoms with van der Waals surface area (Å²) in [4.78, 5) is 10.9. The van der Waals surface area contributed by atoms with Crippen LogP contribution < -0.4 is 16.2 Å². The van der Waals surface area contributed by atoms with Crippen LogP contribution in [-0.4, -0.2) is 16.5 Å². The third kappa shape index (κ3) is 3.45. The lowest BCUT2D eigenvalue weighted by atomic mass is 10.2. The quantitative estimate of drug-likeness (QED) is 0.624. The zero-order chi connectivity index (χ0) is 14.4. The van der Waals surface area contributed by atoms with E-state index in [1.165, 1.54) is 0 Å². The van der Waals surface area contributed by atoms with E-state index in [4.69, 9.17) is 5.84 Å². The number of nitrogens with one attached hydrogen (secondary N) is 1. The Labute approximate surface area is 119 Å². The summed E-state index contributed by atoms with van der Waals surface area (Å²) in [6.07, 6.45) is 2.23. The molecule has 0 aliphatic heterocycles. The fourth-order valence-electron chi connectivity index (χ4n) is 2.05. The number of hydrazine groups is 1. The van der Waals surface area contributed by atoms with Crippen molar-refractivity contribution < 1.29 is 0 Å². The first-order valence-electron chi connectivity index (χ1n) is 6.89.